The summed E-state index contributed by atoms with van der Waals surface area (Å²) >= 11 is 0.290. The van der Waals surface area contributed by atoms with Crippen LogP contribution in [0.25, 0.3) is 0 Å². The van der Waals surface area contributed by atoms with Crippen LogP contribution in [0.4, 0.5) is 18.3 Å². The zero-order chi connectivity index (χ0) is 14.8. The number of nitrogens with one attached hydrogen (secondary N) is 1. The normalized spacial score (nSPS) is 17.9. The molecule has 2 heterocycles. The van der Waals surface area contributed by atoms with Crippen LogP contribution in [0.15, 0.2) is 0 Å². The molecule has 21 heavy (non-hydrogen) atoms. The van der Waals surface area contributed by atoms with Crippen molar-refractivity contribution in [2.75, 3.05) is 25.1 Å². The molecule has 0 unspecified atom stereocenters. The van der Waals surface area contributed by atoms with Crippen LogP contribution in [0, 0.1) is 5.41 Å². The van der Waals surface area contributed by atoms with Crippen LogP contribution in [0.2, 0.25) is 0 Å². The molecule has 1 amide bonds. The standard InChI is InChI=1S/C10H13F3N4O2S.ClH/c11-10(12,13)7-16-17-8(20-7)15-6(18)9(5-14)1-3-19-4-2-9;/h1-5,14H2,(H,15,17,18);1H. The van der Waals surface area contributed by atoms with Gasteiger partial charge in [0.25, 0.3) is 0 Å². The van der Waals surface area contributed by atoms with Crippen molar-refractivity contribution >= 4 is 34.8 Å². The number of nitrogens with two attached hydrogens (primary N) is 1. The van der Waals surface area contributed by atoms with Crippen LogP contribution in [0.3, 0.4) is 0 Å². The Morgan fingerprint density at radius 1 is 1.38 bits per heavy atom. The molecule has 0 aliphatic carbocycles. The van der Waals surface area contributed by atoms with E-state index in [2.05, 4.69) is 15.5 Å². The van der Waals surface area contributed by atoms with Gasteiger partial charge in [0.05, 0.1) is 5.41 Å². The summed E-state index contributed by atoms with van der Waals surface area (Å²) in [4.78, 5) is 12.2. The number of amides is 1. The number of anilines is 1. The Labute approximate surface area is 128 Å². The Morgan fingerprint density at radius 2 is 2.00 bits per heavy atom. The monoisotopic (exact) mass is 346 g/mol. The number of carbonyl (C=O) groups excluding carboxylic acids is 1. The van der Waals surface area contributed by atoms with Crippen LogP contribution in [0.1, 0.15) is 17.8 Å². The van der Waals surface area contributed by atoms with Crippen molar-refractivity contribution in [2.24, 2.45) is 11.1 Å². The van der Waals surface area contributed by atoms with Gasteiger partial charge >= 0.3 is 6.18 Å². The van der Waals surface area contributed by atoms with Gasteiger partial charge in [-0.05, 0) is 12.8 Å². The Morgan fingerprint density at radius 3 is 2.48 bits per heavy atom. The molecule has 2 rings (SSSR count). The van der Waals surface area contributed by atoms with Gasteiger partial charge in [-0.3, -0.25) is 10.1 Å². The molecule has 3 N–H and O–H groups in total. The molecule has 11 heteroatoms. The quantitative estimate of drug-likeness (QED) is 0.869. The summed E-state index contributed by atoms with van der Waals surface area (Å²) in [6.45, 7) is 0.899. The zero-order valence-corrected chi connectivity index (χ0v) is 12.4. The maximum atomic E-state index is 12.4. The highest BCUT2D eigenvalue weighted by molar-refractivity contribution is 7.15. The summed E-state index contributed by atoms with van der Waals surface area (Å²) < 4.78 is 42.3. The molecule has 0 bridgehead atoms. The second-order valence-corrected chi connectivity index (χ2v) is 5.44. The van der Waals surface area contributed by atoms with Crippen molar-refractivity contribution in [3.05, 3.63) is 5.01 Å². The molecule has 0 spiro atoms. The first kappa shape index (κ1) is 18.1. The van der Waals surface area contributed by atoms with E-state index in [1.807, 2.05) is 0 Å². The predicted octanol–water partition coefficient (Wildman–Crippen LogP) is 1.67. The Kier molecular flexibility index (Phi) is 5.91. The minimum absolute atomic E-state index is 0. The lowest BCUT2D eigenvalue weighted by Gasteiger charge is -2.34. The van der Waals surface area contributed by atoms with E-state index in [9.17, 15) is 18.0 Å². The zero-order valence-electron chi connectivity index (χ0n) is 10.8. The molecule has 1 aliphatic rings. The molecule has 1 fully saturated rings. The van der Waals surface area contributed by atoms with Crippen molar-refractivity contribution in [1.82, 2.24) is 10.2 Å². The molecule has 0 saturated carbocycles. The topological polar surface area (TPSA) is 90.1 Å². The number of rotatable bonds is 3. The second-order valence-electron chi connectivity index (χ2n) is 4.46. The molecule has 0 aromatic carbocycles. The average molecular weight is 347 g/mol. The molecule has 1 saturated heterocycles. The Balaban J connectivity index is 0.00000220. The van der Waals surface area contributed by atoms with Gasteiger partial charge in [-0.2, -0.15) is 13.2 Å². The fraction of sp³-hybridized carbons (Fsp3) is 0.700. The smallest absolute Gasteiger partial charge is 0.381 e. The SMILES string of the molecule is Cl.NCC1(C(=O)Nc2nnc(C(F)(F)F)s2)CCOCC1. The molecule has 1 aromatic rings. The van der Waals surface area contributed by atoms with Crippen LogP contribution < -0.4 is 11.1 Å². The van der Waals surface area contributed by atoms with Crippen LogP contribution in [-0.4, -0.2) is 35.9 Å². The number of ether oxygens (including phenoxy) is 1. The van der Waals surface area contributed by atoms with Crippen molar-refractivity contribution in [3.8, 4) is 0 Å². The van der Waals surface area contributed by atoms with Gasteiger partial charge in [-0.1, -0.05) is 11.3 Å². The summed E-state index contributed by atoms with van der Waals surface area (Å²) in [5.41, 5.74) is 4.82. The van der Waals surface area contributed by atoms with Crippen molar-refractivity contribution < 1.29 is 22.7 Å². The highest BCUT2D eigenvalue weighted by Gasteiger charge is 2.40. The lowest BCUT2D eigenvalue weighted by Crippen LogP contribution is -2.46. The third-order valence-corrected chi connectivity index (χ3v) is 4.09. The maximum absolute atomic E-state index is 12.4. The van der Waals surface area contributed by atoms with Gasteiger partial charge in [0.2, 0.25) is 16.0 Å². The number of halogens is 4. The summed E-state index contributed by atoms with van der Waals surface area (Å²) in [6, 6.07) is 0. The van der Waals surface area contributed by atoms with E-state index in [0.717, 1.165) is 0 Å². The summed E-state index contributed by atoms with van der Waals surface area (Å²) in [7, 11) is 0. The van der Waals surface area contributed by atoms with E-state index >= 15 is 0 Å². The highest BCUT2D eigenvalue weighted by Crippen LogP contribution is 2.35. The van der Waals surface area contributed by atoms with Crippen LogP contribution in [-0.2, 0) is 15.7 Å². The molecule has 0 atom stereocenters. The third-order valence-electron chi connectivity index (χ3n) is 3.21. The molecule has 120 valence electrons. The van der Waals surface area contributed by atoms with E-state index in [4.69, 9.17) is 10.5 Å². The maximum Gasteiger partial charge on any atom is 0.445 e. The fourth-order valence-electron chi connectivity index (χ4n) is 1.90. The molecular formula is C10H14ClF3N4O2S. The Hall–Kier alpha value is -0.970. The lowest BCUT2D eigenvalue weighted by atomic mass is 9.79. The summed E-state index contributed by atoms with van der Waals surface area (Å²) in [5.74, 6) is -0.437. The fourth-order valence-corrected chi connectivity index (χ4v) is 2.51. The minimum Gasteiger partial charge on any atom is -0.381 e. The number of nitrogens with zero attached hydrogens (tertiary/aromatic N) is 2. The average Bonchev–Trinajstić information content (AvgIpc) is 2.88. The number of aromatic nitrogens is 2. The number of carbonyl (C=O) groups is 1. The first-order valence-electron chi connectivity index (χ1n) is 5.87. The second kappa shape index (κ2) is 6.86. The number of hydrogen-bond donors (Lipinski definition) is 2. The predicted molar refractivity (Wildman–Crippen MR) is 72.3 cm³/mol. The van der Waals surface area contributed by atoms with Gasteiger partial charge in [0, 0.05) is 19.8 Å². The van der Waals surface area contributed by atoms with E-state index in [1.54, 1.807) is 0 Å². The van der Waals surface area contributed by atoms with Crippen LogP contribution >= 0.6 is 23.7 Å². The first-order valence-corrected chi connectivity index (χ1v) is 6.69. The van der Waals surface area contributed by atoms with Crippen molar-refractivity contribution in [2.45, 2.75) is 19.0 Å². The molecular weight excluding hydrogens is 333 g/mol. The summed E-state index contributed by atoms with van der Waals surface area (Å²) in [5, 5.41) is 7.43. The van der Waals surface area contributed by atoms with Gasteiger partial charge in [-0.15, -0.1) is 22.6 Å². The largest absolute Gasteiger partial charge is 0.445 e. The van der Waals surface area contributed by atoms with Gasteiger partial charge in [-0.25, -0.2) is 0 Å². The number of alkyl halides is 3. The van der Waals surface area contributed by atoms with Crippen LogP contribution in [0.5, 0.6) is 0 Å². The lowest BCUT2D eigenvalue weighted by molar-refractivity contribution is -0.138. The van der Waals surface area contributed by atoms with Gasteiger partial charge in [0.15, 0.2) is 0 Å². The van der Waals surface area contributed by atoms with E-state index in [0.29, 0.717) is 37.4 Å². The highest BCUT2D eigenvalue weighted by atomic mass is 35.5. The number of hydrogen-bond acceptors (Lipinski definition) is 6. The molecule has 1 aliphatic heterocycles. The third kappa shape index (κ3) is 4.02. The molecule has 0 radical (unpaired) electrons. The first-order chi connectivity index (χ1) is 9.37. The van der Waals surface area contributed by atoms with E-state index < -0.39 is 22.5 Å². The molecule has 6 nitrogen and oxygen atoms in total. The van der Waals surface area contributed by atoms with E-state index in [-0.39, 0.29) is 24.1 Å². The summed E-state index contributed by atoms with van der Waals surface area (Å²) in [6.07, 6.45) is -3.70. The Bertz CT molecular complexity index is 491. The minimum atomic E-state index is -4.56. The van der Waals surface area contributed by atoms with E-state index in [1.165, 1.54) is 0 Å². The van der Waals surface area contributed by atoms with Gasteiger partial charge in [0.1, 0.15) is 0 Å². The molecule has 1 aromatic heterocycles. The van der Waals surface area contributed by atoms with Crippen molar-refractivity contribution in [1.29, 1.82) is 0 Å². The van der Waals surface area contributed by atoms with Gasteiger partial charge < -0.3 is 10.5 Å². The van der Waals surface area contributed by atoms with Crippen molar-refractivity contribution in [3.63, 3.8) is 0 Å².